The molecule has 0 aliphatic heterocycles. The van der Waals surface area contributed by atoms with Crippen LogP contribution >= 0.6 is 0 Å². The average molecular weight is 377 g/mol. The standard InChI is InChI=1S/C21H23N5O2/c1-3-21-9-14(21)16(17(27)12(21)2)26-11-24-15-18(22-10-23-19(15)26)25-20(28)13-7-5-4-6-8-13/h4-8,10-12,14,16-17,27H,3,9H2,1-2H3,(H,22,23,25,28)/t12-,14+,16+,17+,21+/m0/s1. The summed E-state index contributed by atoms with van der Waals surface area (Å²) in [4.78, 5) is 25.6. The minimum Gasteiger partial charge on any atom is -0.391 e. The van der Waals surface area contributed by atoms with Gasteiger partial charge in [-0.15, -0.1) is 0 Å². The van der Waals surface area contributed by atoms with E-state index >= 15 is 0 Å². The smallest absolute Gasteiger partial charge is 0.256 e. The van der Waals surface area contributed by atoms with E-state index in [9.17, 15) is 9.90 Å². The Balaban J connectivity index is 1.49. The summed E-state index contributed by atoms with van der Waals surface area (Å²) in [5, 5.41) is 13.7. The van der Waals surface area contributed by atoms with Crippen molar-refractivity contribution >= 4 is 22.9 Å². The Hall–Kier alpha value is -2.80. The summed E-state index contributed by atoms with van der Waals surface area (Å²) in [6.45, 7) is 4.35. The third-order valence-corrected chi connectivity index (χ3v) is 6.97. The van der Waals surface area contributed by atoms with Gasteiger partial charge in [0.2, 0.25) is 0 Å². The number of aromatic nitrogens is 4. The lowest BCUT2D eigenvalue weighted by molar-refractivity contribution is 0.0689. The Morgan fingerprint density at radius 3 is 2.79 bits per heavy atom. The summed E-state index contributed by atoms with van der Waals surface area (Å²) in [6.07, 6.45) is 4.95. The fourth-order valence-corrected chi connectivity index (χ4v) is 5.23. The lowest BCUT2D eigenvalue weighted by Gasteiger charge is -2.24. The van der Waals surface area contributed by atoms with Crippen LogP contribution in [0.4, 0.5) is 5.82 Å². The highest BCUT2D eigenvalue weighted by molar-refractivity contribution is 6.06. The first-order valence-electron chi connectivity index (χ1n) is 9.79. The summed E-state index contributed by atoms with van der Waals surface area (Å²) in [7, 11) is 0. The fourth-order valence-electron chi connectivity index (χ4n) is 5.23. The van der Waals surface area contributed by atoms with Crippen LogP contribution in [0, 0.1) is 17.3 Å². The summed E-state index contributed by atoms with van der Waals surface area (Å²) in [6, 6.07) is 8.96. The molecular formula is C21H23N5O2. The second kappa shape index (κ2) is 6.10. The van der Waals surface area contributed by atoms with E-state index in [-0.39, 0.29) is 23.3 Å². The van der Waals surface area contributed by atoms with E-state index < -0.39 is 6.10 Å². The molecule has 2 N–H and O–H groups in total. The van der Waals surface area contributed by atoms with Crippen LogP contribution in [0.3, 0.4) is 0 Å². The first-order chi connectivity index (χ1) is 13.6. The molecule has 2 aliphatic carbocycles. The second-order valence-electron chi connectivity index (χ2n) is 8.03. The number of anilines is 1. The highest BCUT2D eigenvalue weighted by atomic mass is 16.3. The zero-order valence-electron chi connectivity index (χ0n) is 15.9. The van der Waals surface area contributed by atoms with Crippen molar-refractivity contribution in [1.82, 2.24) is 19.5 Å². The molecule has 2 saturated carbocycles. The van der Waals surface area contributed by atoms with Crippen LogP contribution in [-0.4, -0.2) is 36.6 Å². The van der Waals surface area contributed by atoms with Gasteiger partial charge in [0.05, 0.1) is 18.5 Å². The largest absolute Gasteiger partial charge is 0.391 e. The summed E-state index contributed by atoms with van der Waals surface area (Å²) < 4.78 is 1.98. The van der Waals surface area contributed by atoms with Crippen molar-refractivity contribution in [2.75, 3.05) is 5.32 Å². The van der Waals surface area contributed by atoms with Crippen molar-refractivity contribution in [1.29, 1.82) is 0 Å². The molecule has 0 bridgehead atoms. The first kappa shape index (κ1) is 17.3. The summed E-state index contributed by atoms with van der Waals surface area (Å²) in [5.41, 5.74) is 1.98. The van der Waals surface area contributed by atoms with Crippen LogP contribution in [0.5, 0.6) is 0 Å². The molecule has 0 unspecified atom stereocenters. The van der Waals surface area contributed by atoms with Crippen molar-refractivity contribution in [3.63, 3.8) is 0 Å². The van der Waals surface area contributed by atoms with Crippen molar-refractivity contribution in [3.8, 4) is 0 Å². The second-order valence-corrected chi connectivity index (χ2v) is 8.03. The molecule has 0 spiro atoms. The summed E-state index contributed by atoms with van der Waals surface area (Å²) in [5.74, 6) is 0.842. The van der Waals surface area contributed by atoms with E-state index in [1.54, 1.807) is 18.5 Å². The van der Waals surface area contributed by atoms with Gasteiger partial charge < -0.3 is 15.0 Å². The molecule has 2 aliphatic rings. The molecule has 5 atom stereocenters. The Labute approximate surface area is 162 Å². The van der Waals surface area contributed by atoms with E-state index in [4.69, 9.17) is 0 Å². The molecule has 0 radical (unpaired) electrons. The molecule has 5 rings (SSSR count). The Morgan fingerprint density at radius 2 is 2.07 bits per heavy atom. The molecule has 7 heteroatoms. The maximum Gasteiger partial charge on any atom is 0.256 e. The predicted molar refractivity (Wildman–Crippen MR) is 105 cm³/mol. The lowest BCUT2D eigenvalue weighted by Crippen LogP contribution is -2.27. The van der Waals surface area contributed by atoms with Gasteiger partial charge in [-0.3, -0.25) is 4.79 Å². The van der Waals surface area contributed by atoms with Crippen LogP contribution in [-0.2, 0) is 0 Å². The van der Waals surface area contributed by atoms with E-state index in [1.807, 2.05) is 22.8 Å². The van der Waals surface area contributed by atoms with Crippen LogP contribution in [0.25, 0.3) is 11.2 Å². The molecule has 144 valence electrons. The Bertz CT molecular complexity index is 1050. The highest BCUT2D eigenvalue weighted by Crippen LogP contribution is 2.71. The van der Waals surface area contributed by atoms with Gasteiger partial charge in [-0.05, 0) is 42.2 Å². The number of imidazole rings is 1. The van der Waals surface area contributed by atoms with Gasteiger partial charge >= 0.3 is 0 Å². The molecule has 0 saturated heterocycles. The normalized spacial score (nSPS) is 31.0. The number of carbonyl (C=O) groups excluding carboxylic acids is 1. The number of carbonyl (C=O) groups is 1. The van der Waals surface area contributed by atoms with E-state index in [1.165, 1.54) is 6.33 Å². The van der Waals surface area contributed by atoms with E-state index in [2.05, 4.69) is 34.1 Å². The monoisotopic (exact) mass is 377 g/mol. The number of nitrogens with zero attached hydrogens (tertiary/aromatic N) is 4. The molecule has 1 aromatic carbocycles. The number of aliphatic hydroxyl groups is 1. The first-order valence-corrected chi connectivity index (χ1v) is 9.79. The number of aliphatic hydroxyl groups excluding tert-OH is 1. The number of fused-ring (bicyclic) bond motifs is 2. The van der Waals surface area contributed by atoms with Gasteiger partial charge in [0.15, 0.2) is 17.0 Å². The number of amides is 1. The van der Waals surface area contributed by atoms with Gasteiger partial charge in [0.1, 0.15) is 6.33 Å². The third kappa shape index (κ3) is 2.32. The SMILES string of the molecule is CC[C@]12C[C@@H]1[C@@H](n1cnc3c(NC(=O)c4ccccc4)ncnc31)[C@H](O)[C@@H]2C. The van der Waals surface area contributed by atoms with E-state index in [0.717, 1.165) is 12.8 Å². The third-order valence-electron chi connectivity index (χ3n) is 6.97. The average Bonchev–Trinajstić information content (AvgIpc) is 3.23. The molecule has 7 nitrogen and oxygen atoms in total. The quantitative estimate of drug-likeness (QED) is 0.729. The van der Waals surface area contributed by atoms with E-state index in [0.29, 0.717) is 28.5 Å². The zero-order chi connectivity index (χ0) is 19.5. The lowest BCUT2D eigenvalue weighted by atomic mass is 9.88. The van der Waals surface area contributed by atoms with Crippen molar-refractivity contribution < 1.29 is 9.90 Å². The van der Waals surface area contributed by atoms with Gasteiger partial charge in [0.25, 0.3) is 5.91 Å². The molecular weight excluding hydrogens is 354 g/mol. The van der Waals surface area contributed by atoms with Crippen LogP contribution in [0.1, 0.15) is 43.1 Å². The highest BCUT2D eigenvalue weighted by Gasteiger charge is 2.68. The summed E-state index contributed by atoms with van der Waals surface area (Å²) >= 11 is 0. The van der Waals surface area contributed by atoms with Crippen LogP contribution in [0.2, 0.25) is 0 Å². The predicted octanol–water partition coefficient (Wildman–Crippen LogP) is 3.05. The molecule has 1 amide bonds. The van der Waals surface area contributed by atoms with Gasteiger partial charge in [-0.25, -0.2) is 15.0 Å². The molecule has 2 heterocycles. The number of benzene rings is 1. The Morgan fingerprint density at radius 1 is 1.29 bits per heavy atom. The minimum atomic E-state index is -0.423. The molecule has 3 aromatic rings. The van der Waals surface area contributed by atoms with Gasteiger partial charge in [0, 0.05) is 5.56 Å². The minimum absolute atomic E-state index is 0.0347. The number of hydrogen-bond acceptors (Lipinski definition) is 5. The van der Waals surface area contributed by atoms with Gasteiger partial charge in [-0.1, -0.05) is 32.0 Å². The van der Waals surface area contributed by atoms with Crippen molar-refractivity contribution in [2.24, 2.45) is 17.3 Å². The van der Waals surface area contributed by atoms with Crippen LogP contribution < -0.4 is 5.32 Å². The van der Waals surface area contributed by atoms with Crippen molar-refractivity contribution in [3.05, 3.63) is 48.5 Å². The number of nitrogens with one attached hydrogen (secondary N) is 1. The maximum absolute atomic E-state index is 12.5. The zero-order valence-corrected chi connectivity index (χ0v) is 15.9. The molecule has 28 heavy (non-hydrogen) atoms. The maximum atomic E-state index is 12.5. The Kier molecular flexibility index (Phi) is 3.77. The van der Waals surface area contributed by atoms with Crippen LogP contribution in [0.15, 0.2) is 43.0 Å². The van der Waals surface area contributed by atoms with Crippen molar-refractivity contribution in [2.45, 2.75) is 38.8 Å². The van der Waals surface area contributed by atoms with Gasteiger partial charge in [-0.2, -0.15) is 0 Å². The number of hydrogen-bond donors (Lipinski definition) is 2. The molecule has 2 fully saturated rings. The molecule has 2 aromatic heterocycles. The topological polar surface area (TPSA) is 92.9 Å². The fraction of sp³-hybridized carbons (Fsp3) is 0.429. The number of rotatable bonds is 4.